The normalized spacial score (nSPS) is 18.1. The molecule has 21 heavy (non-hydrogen) atoms. The average molecular weight is 336 g/mol. The molecule has 1 fully saturated rings. The molecular formula is C13H23Cl2N5O. The number of ether oxygens (including phenoxy) is 1. The topological polar surface area (TPSA) is 62.3 Å². The van der Waals surface area contributed by atoms with Crippen LogP contribution in [0.15, 0.2) is 6.20 Å². The first-order valence-electron chi connectivity index (χ1n) is 7.01. The van der Waals surface area contributed by atoms with Gasteiger partial charge in [0.15, 0.2) is 0 Å². The van der Waals surface area contributed by atoms with Gasteiger partial charge in [0.05, 0.1) is 18.9 Å². The lowest BCUT2D eigenvalue weighted by molar-refractivity contribution is 0.0398. The zero-order chi connectivity index (χ0) is 12.9. The standard InChI is InChI=1S/C13H21N5O.2ClH/c1-2-14-10-12-11(1)9-16-13(17-12)15-3-4-18-5-7-19-8-6-18;;/h9,14H,1-8,10H2,(H,15,16,17);2*1H. The van der Waals surface area contributed by atoms with E-state index in [1.54, 1.807) is 0 Å². The molecule has 0 saturated carbocycles. The Balaban J connectivity index is 0.00000110. The third kappa shape index (κ3) is 5.23. The highest BCUT2D eigenvalue weighted by Gasteiger charge is 2.12. The van der Waals surface area contributed by atoms with Crippen molar-refractivity contribution in [3.63, 3.8) is 0 Å². The van der Waals surface area contributed by atoms with Crippen molar-refractivity contribution in [1.82, 2.24) is 20.2 Å². The maximum Gasteiger partial charge on any atom is 0.222 e. The first-order chi connectivity index (χ1) is 9.42. The molecule has 0 spiro atoms. The van der Waals surface area contributed by atoms with E-state index in [-0.39, 0.29) is 24.8 Å². The van der Waals surface area contributed by atoms with Crippen LogP contribution in [0.1, 0.15) is 11.3 Å². The Bertz CT molecular complexity index is 429. The Morgan fingerprint density at radius 1 is 1.29 bits per heavy atom. The Hall–Kier alpha value is -0.660. The fraction of sp³-hybridized carbons (Fsp3) is 0.692. The number of aromatic nitrogens is 2. The molecule has 8 heteroatoms. The third-order valence-corrected chi connectivity index (χ3v) is 3.63. The van der Waals surface area contributed by atoms with Gasteiger partial charge in [0.2, 0.25) is 5.95 Å². The van der Waals surface area contributed by atoms with Crippen LogP contribution in [0, 0.1) is 0 Å². The Kier molecular flexibility index (Phi) is 8.21. The van der Waals surface area contributed by atoms with Crippen LogP contribution < -0.4 is 10.6 Å². The number of rotatable bonds is 4. The largest absolute Gasteiger partial charge is 0.379 e. The van der Waals surface area contributed by atoms with Gasteiger partial charge in [-0.25, -0.2) is 9.97 Å². The zero-order valence-electron chi connectivity index (χ0n) is 12.0. The maximum absolute atomic E-state index is 5.33. The van der Waals surface area contributed by atoms with E-state index in [1.807, 2.05) is 6.20 Å². The summed E-state index contributed by atoms with van der Waals surface area (Å²) in [5.41, 5.74) is 2.41. The summed E-state index contributed by atoms with van der Waals surface area (Å²) in [6.45, 7) is 7.53. The van der Waals surface area contributed by atoms with Gasteiger partial charge in [-0.2, -0.15) is 0 Å². The lowest BCUT2D eigenvalue weighted by atomic mass is 10.1. The molecular weight excluding hydrogens is 313 g/mol. The molecule has 3 heterocycles. The van der Waals surface area contributed by atoms with Crippen LogP contribution in [0.5, 0.6) is 0 Å². The first kappa shape index (κ1) is 18.4. The van der Waals surface area contributed by atoms with Crippen LogP contribution in [0.2, 0.25) is 0 Å². The second-order valence-corrected chi connectivity index (χ2v) is 4.97. The number of halogens is 2. The molecule has 1 aromatic rings. The number of anilines is 1. The van der Waals surface area contributed by atoms with Gasteiger partial charge < -0.3 is 15.4 Å². The summed E-state index contributed by atoms with van der Waals surface area (Å²) in [5.74, 6) is 0.746. The third-order valence-electron chi connectivity index (χ3n) is 3.63. The van der Waals surface area contributed by atoms with Crippen LogP contribution >= 0.6 is 24.8 Å². The van der Waals surface area contributed by atoms with Crippen LogP contribution in [0.4, 0.5) is 5.95 Å². The van der Waals surface area contributed by atoms with Gasteiger partial charge in [0.25, 0.3) is 0 Å². The fourth-order valence-corrected chi connectivity index (χ4v) is 2.47. The van der Waals surface area contributed by atoms with Crippen molar-refractivity contribution >= 4 is 30.8 Å². The van der Waals surface area contributed by atoms with Crippen LogP contribution in [0.3, 0.4) is 0 Å². The molecule has 2 aliphatic heterocycles. The van der Waals surface area contributed by atoms with Crippen molar-refractivity contribution in [2.75, 3.05) is 51.3 Å². The molecule has 120 valence electrons. The molecule has 0 amide bonds. The van der Waals surface area contributed by atoms with E-state index in [9.17, 15) is 0 Å². The maximum atomic E-state index is 5.33. The molecule has 6 nitrogen and oxygen atoms in total. The molecule has 3 rings (SSSR count). The van der Waals surface area contributed by atoms with Crippen LogP contribution in [-0.4, -0.2) is 60.8 Å². The van der Waals surface area contributed by atoms with E-state index in [4.69, 9.17) is 4.74 Å². The van der Waals surface area contributed by atoms with Crippen molar-refractivity contribution in [2.24, 2.45) is 0 Å². The van der Waals surface area contributed by atoms with E-state index < -0.39 is 0 Å². The van der Waals surface area contributed by atoms with E-state index >= 15 is 0 Å². The molecule has 0 unspecified atom stereocenters. The van der Waals surface area contributed by atoms with Crippen molar-refractivity contribution in [3.8, 4) is 0 Å². The zero-order valence-corrected chi connectivity index (χ0v) is 13.6. The Morgan fingerprint density at radius 2 is 2.10 bits per heavy atom. The van der Waals surface area contributed by atoms with E-state index in [1.165, 1.54) is 5.56 Å². The van der Waals surface area contributed by atoms with E-state index in [0.29, 0.717) is 0 Å². The van der Waals surface area contributed by atoms with Crippen molar-refractivity contribution in [3.05, 3.63) is 17.5 Å². The Morgan fingerprint density at radius 3 is 2.90 bits per heavy atom. The average Bonchev–Trinajstić information content (AvgIpc) is 2.48. The molecule has 0 aromatic carbocycles. The number of nitrogens with one attached hydrogen (secondary N) is 2. The quantitative estimate of drug-likeness (QED) is 0.845. The summed E-state index contributed by atoms with van der Waals surface area (Å²) in [7, 11) is 0. The molecule has 0 aliphatic carbocycles. The number of fused-ring (bicyclic) bond motifs is 1. The van der Waals surface area contributed by atoms with Crippen LogP contribution in [-0.2, 0) is 17.7 Å². The van der Waals surface area contributed by atoms with E-state index in [0.717, 1.165) is 70.5 Å². The monoisotopic (exact) mass is 335 g/mol. The fourth-order valence-electron chi connectivity index (χ4n) is 2.47. The van der Waals surface area contributed by atoms with Gasteiger partial charge in [-0.3, -0.25) is 4.90 Å². The molecule has 1 aromatic heterocycles. The lowest BCUT2D eigenvalue weighted by Gasteiger charge is -2.26. The summed E-state index contributed by atoms with van der Waals surface area (Å²) in [6.07, 6.45) is 2.99. The molecule has 0 radical (unpaired) electrons. The number of hydrogen-bond donors (Lipinski definition) is 2. The first-order valence-corrected chi connectivity index (χ1v) is 7.01. The highest BCUT2D eigenvalue weighted by atomic mass is 35.5. The predicted octanol–water partition coefficient (Wildman–Crippen LogP) is 0.710. The van der Waals surface area contributed by atoms with Gasteiger partial charge in [0, 0.05) is 38.9 Å². The van der Waals surface area contributed by atoms with Gasteiger partial charge in [-0.15, -0.1) is 24.8 Å². The molecule has 1 saturated heterocycles. The van der Waals surface area contributed by atoms with Crippen LogP contribution in [0.25, 0.3) is 0 Å². The summed E-state index contributed by atoms with van der Waals surface area (Å²) >= 11 is 0. The second-order valence-electron chi connectivity index (χ2n) is 4.97. The summed E-state index contributed by atoms with van der Waals surface area (Å²) in [6, 6.07) is 0. The van der Waals surface area contributed by atoms with E-state index in [2.05, 4.69) is 25.5 Å². The Labute approximate surface area is 137 Å². The SMILES string of the molecule is Cl.Cl.c1nc(NCCN2CCOCC2)nc2c1CCNC2. The van der Waals surface area contributed by atoms with Crippen molar-refractivity contribution < 1.29 is 4.74 Å². The smallest absolute Gasteiger partial charge is 0.222 e. The minimum absolute atomic E-state index is 0. The summed E-state index contributed by atoms with van der Waals surface area (Å²) in [4.78, 5) is 11.3. The second kappa shape index (κ2) is 9.38. The van der Waals surface area contributed by atoms with Crippen molar-refractivity contribution in [1.29, 1.82) is 0 Å². The van der Waals surface area contributed by atoms with Gasteiger partial charge in [-0.1, -0.05) is 0 Å². The molecule has 0 atom stereocenters. The lowest BCUT2D eigenvalue weighted by Crippen LogP contribution is -2.39. The highest BCUT2D eigenvalue weighted by molar-refractivity contribution is 5.85. The number of hydrogen-bond acceptors (Lipinski definition) is 6. The van der Waals surface area contributed by atoms with Crippen molar-refractivity contribution in [2.45, 2.75) is 13.0 Å². The predicted molar refractivity (Wildman–Crippen MR) is 87.7 cm³/mol. The number of nitrogens with zero attached hydrogens (tertiary/aromatic N) is 3. The van der Waals surface area contributed by atoms with Gasteiger partial charge in [0.1, 0.15) is 0 Å². The summed E-state index contributed by atoms with van der Waals surface area (Å²) in [5, 5.41) is 6.65. The minimum atomic E-state index is 0. The number of morpholine rings is 1. The minimum Gasteiger partial charge on any atom is -0.379 e. The summed E-state index contributed by atoms with van der Waals surface area (Å²) < 4.78 is 5.33. The molecule has 0 bridgehead atoms. The van der Waals surface area contributed by atoms with Gasteiger partial charge >= 0.3 is 0 Å². The molecule has 2 aliphatic rings. The van der Waals surface area contributed by atoms with Gasteiger partial charge in [-0.05, 0) is 18.5 Å². The molecule has 2 N–H and O–H groups in total. The highest BCUT2D eigenvalue weighted by Crippen LogP contribution is 2.11.